The summed E-state index contributed by atoms with van der Waals surface area (Å²) in [5.74, 6) is 0.554. The number of hydrogen-bond donors (Lipinski definition) is 1. The van der Waals surface area contributed by atoms with E-state index in [1.807, 2.05) is 34.8 Å². The lowest BCUT2D eigenvalue weighted by molar-refractivity contribution is 0.0787. The zero-order chi connectivity index (χ0) is 15.0. The van der Waals surface area contributed by atoms with Gasteiger partial charge < -0.3 is 10.6 Å². The van der Waals surface area contributed by atoms with Gasteiger partial charge >= 0.3 is 0 Å². The third-order valence-electron chi connectivity index (χ3n) is 4.18. The van der Waals surface area contributed by atoms with E-state index in [1.165, 1.54) is 0 Å². The van der Waals surface area contributed by atoms with Crippen molar-refractivity contribution in [3.05, 3.63) is 34.6 Å². The number of likely N-dealkylation sites (tertiary alicyclic amines) is 1. The smallest absolute Gasteiger partial charge is 0.255 e. The van der Waals surface area contributed by atoms with Crippen LogP contribution in [0.2, 0.25) is 0 Å². The molecule has 112 valence electrons. The molecule has 0 saturated carbocycles. The molecule has 0 bridgehead atoms. The zero-order valence-electron chi connectivity index (χ0n) is 12.4. The minimum Gasteiger partial charge on any atom is -0.338 e. The predicted molar refractivity (Wildman–Crippen MR) is 84.0 cm³/mol. The fourth-order valence-corrected chi connectivity index (χ4v) is 3.73. The molecule has 3 heterocycles. The van der Waals surface area contributed by atoms with Crippen LogP contribution in [-0.2, 0) is 0 Å². The average molecular weight is 304 g/mol. The summed E-state index contributed by atoms with van der Waals surface area (Å²) in [6, 6.07) is 1.97. The van der Waals surface area contributed by atoms with Gasteiger partial charge in [0, 0.05) is 36.1 Å². The van der Waals surface area contributed by atoms with Crippen molar-refractivity contribution in [3.8, 4) is 5.13 Å². The number of thiazole rings is 1. The maximum absolute atomic E-state index is 12.7. The van der Waals surface area contributed by atoms with Gasteiger partial charge in [-0.05, 0) is 38.8 Å². The zero-order valence-corrected chi connectivity index (χ0v) is 13.2. The number of aryl methyl sites for hydroxylation is 1. The first-order valence-corrected chi connectivity index (χ1v) is 8.08. The van der Waals surface area contributed by atoms with Crippen molar-refractivity contribution < 1.29 is 4.79 Å². The van der Waals surface area contributed by atoms with Crippen LogP contribution in [0.15, 0.2) is 17.6 Å². The van der Waals surface area contributed by atoms with Crippen molar-refractivity contribution in [3.63, 3.8) is 0 Å². The second kappa shape index (κ2) is 5.61. The Kier molecular flexibility index (Phi) is 3.82. The molecule has 2 aromatic rings. The van der Waals surface area contributed by atoms with Gasteiger partial charge in [-0.2, -0.15) is 0 Å². The van der Waals surface area contributed by atoms with Crippen LogP contribution in [0.5, 0.6) is 0 Å². The first-order chi connectivity index (χ1) is 10.1. The number of nitrogens with two attached hydrogens (primary N) is 1. The molecule has 1 unspecified atom stereocenters. The highest BCUT2D eigenvalue weighted by molar-refractivity contribution is 7.12. The van der Waals surface area contributed by atoms with Crippen molar-refractivity contribution >= 4 is 17.2 Å². The lowest BCUT2D eigenvalue weighted by Gasteiger charge is -2.16. The first kappa shape index (κ1) is 14.3. The van der Waals surface area contributed by atoms with Gasteiger partial charge in [-0.1, -0.05) is 0 Å². The van der Waals surface area contributed by atoms with Gasteiger partial charge in [0.1, 0.15) is 0 Å². The van der Waals surface area contributed by atoms with Crippen LogP contribution in [0.4, 0.5) is 0 Å². The van der Waals surface area contributed by atoms with Crippen molar-refractivity contribution in [1.82, 2.24) is 14.5 Å². The summed E-state index contributed by atoms with van der Waals surface area (Å²) in [5, 5.41) is 2.85. The lowest BCUT2D eigenvalue weighted by Crippen LogP contribution is -2.30. The summed E-state index contributed by atoms with van der Waals surface area (Å²) in [7, 11) is 0. The van der Waals surface area contributed by atoms with Crippen molar-refractivity contribution in [1.29, 1.82) is 0 Å². The van der Waals surface area contributed by atoms with E-state index in [-0.39, 0.29) is 5.91 Å². The Balaban J connectivity index is 1.90. The number of amides is 1. The van der Waals surface area contributed by atoms with E-state index in [9.17, 15) is 4.79 Å². The molecule has 1 saturated heterocycles. The molecule has 2 N–H and O–H groups in total. The van der Waals surface area contributed by atoms with E-state index in [0.29, 0.717) is 12.5 Å². The van der Waals surface area contributed by atoms with Crippen LogP contribution < -0.4 is 5.73 Å². The number of carbonyl (C=O) groups excluding carboxylic acids is 1. The van der Waals surface area contributed by atoms with Crippen molar-refractivity contribution in [2.75, 3.05) is 19.6 Å². The molecule has 0 spiro atoms. The van der Waals surface area contributed by atoms with Gasteiger partial charge in [-0.25, -0.2) is 4.98 Å². The molecule has 0 aromatic carbocycles. The second-order valence-electron chi connectivity index (χ2n) is 5.58. The number of hydrogen-bond acceptors (Lipinski definition) is 4. The highest BCUT2D eigenvalue weighted by Crippen LogP contribution is 2.25. The summed E-state index contributed by atoms with van der Waals surface area (Å²) in [5.41, 5.74) is 8.49. The quantitative estimate of drug-likeness (QED) is 0.943. The SMILES string of the molecule is Cc1cc(C(=O)N2CCC(CN)C2)c(C)n1-c1nccs1. The molecule has 6 heteroatoms. The Morgan fingerprint density at radius 3 is 2.95 bits per heavy atom. The van der Waals surface area contributed by atoms with E-state index in [0.717, 1.165) is 41.6 Å². The summed E-state index contributed by atoms with van der Waals surface area (Å²) >= 11 is 1.58. The van der Waals surface area contributed by atoms with Crippen LogP contribution in [-0.4, -0.2) is 40.0 Å². The van der Waals surface area contributed by atoms with Gasteiger partial charge in [-0.3, -0.25) is 9.36 Å². The van der Waals surface area contributed by atoms with Crippen molar-refractivity contribution in [2.24, 2.45) is 11.7 Å². The molecule has 1 aliphatic rings. The fraction of sp³-hybridized carbons (Fsp3) is 0.467. The van der Waals surface area contributed by atoms with E-state index < -0.39 is 0 Å². The molecule has 5 nitrogen and oxygen atoms in total. The van der Waals surface area contributed by atoms with Gasteiger partial charge in [-0.15, -0.1) is 11.3 Å². The van der Waals surface area contributed by atoms with Crippen LogP contribution in [0, 0.1) is 19.8 Å². The predicted octanol–water partition coefficient (Wildman–Crippen LogP) is 1.97. The number of rotatable bonds is 3. The number of nitrogens with zero attached hydrogens (tertiary/aromatic N) is 3. The van der Waals surface area contributed by atoms with E-state index in [4.69, 9.17) is 5.73 Å². The molecular formula is C15H20N4OS. The molecule has 0 radical (unpaired) electrons. The Morgan fingerprint density at radius 2 is 2.33 bits per heavy atom. The van der Waals surface area contributed by atoms with Gasteiger partial charge in [0.15, 0.2) is 5.13 Å². The Hall–Kier alpha value is -1.66. The summed E-state index contributed by atoms with van der Waals surface area (Å²) < 4.78 is 2.05. The maximum atomic E-state index is 12.7. The summed E-state index contributed by atoms with van der Waals surface area (Å²) in [6.45, 7) is 6.23. The average Bonchev–Trinajstić information content (AvgIpc) is 3.18. The fourth-order valence-electron chi connectivity index (χ4n) is 2.98. The third-order valence-corrected chi connectivity index (χ3v) is 4.94. The lowest BCUT2D eigenvalue weighted by atomic mass is 10.1. The van der Waals surface area contributed by atoms with E-state index in [1.54, 1.807) is 17.5 Å². The number of aromatic nitrogens is 2. The topological polar surface area (TPSA) is 64.2 Å². The summed E-state index contributed by atoms with van der Waals surface area (Å²) in [4.78, 5) is 19.0. The highest BCUT2D eigenvalue weighted by Gasteiger charge is 2.28. The van der Waals surface area contributed by atoms with Crippen LogP contribution in [0.3, 0.4) is 0 Å². The van der Waals surface area contributed by atoms with Gasteiger partial charge in [0.2, 0.25) is 0 Å². The molecule has 1 amide bonds. The minimum atomic E-state index is 0.113. The Bertz CT molecular complexity index is 647. The largest absolute Gasteiger partial charge is 0.338 e. The number of carbonyl (C=O) groups is 1. The Labute approximate surface area is 128 Å². The first-order valence-electron chi connectivity index (χ1n) is 7.20. The van der Waals surface area contributed by atoms with Gasteiger partial charge in [0.05, 0.1) is 5.56 Å². The van der Waals surface area contributed by atoms with E-state index >= 15 is 0 Å². The molecule has 2 aromatic heterocycles. The second-order valence-corrected chi connectivity index (χ2v) is 6.45. The van der Waals surface area contributed by atoms with Crippen LogP contribution in [0.25, 0.3) is 5.13 Å². The Morgan fingerprint density at radius 1 is 1.52 bits per heavy atom. The third kappa shape index (κ3) is 2.49. The molecule has 21 heavy (non-hydrogen) atoms. The van der Waals surface area contributed by atoms with E-state index in [2.05, 4.69) is 4.98 Å². The van der Waals surface area contributed by atoms with Gasteiger partial charge in [0.25, 0.3) is 5.91 Å². The maximum Gasteiger partial charge on any atom is 0.255 e. The molecule has 1 atom stereocenters. The monoisotopic (exact) mass is 304 g/mol. The molecule has 3 rings (SSSR count). The highest BCUT2D eigenvalue weighted by atomic mass is 32.1. The molecule has 0 aliphatic carbocycles. The van der Waals surface area contributed by atoms with Crippen molar-refractivity contribution in [2.45, 2.75) is 20.3 Å². The minimum absolute atomic E-state index is 0.113. The molecule has 1 fully saturated rings. The summed E-state index contributed by atoms with van der Waals surface area (Å²) in [6.07, 6.45) is 2.79. The van der Waals surface area contributed by atoms with Crippen LogP contribution in [0.1, 0.15) is 28.2 Å². The standard InChI is InChI=1S/C15H20N4OS/c1-10-7-13(11(2)19(10)15-17-4-6-21-15)14(20)18-5-3-12(8-16)9-18/h4,6-7,12H,3,5,8-9,16H2,1-2H3. The molecule has 1 aliphatic heterocycles. The normalized spacial score (nSPS) is 18.4. The molecular weight excluding hydrogens is 284 g/mol. The van der Waals surface area contributed by atoms with Crippen LogP contribution >= 0.6 is 11.3 Å².